The Hall–Kier alpha value is -4.47. The highest BCUT2D eigenvalue weighted by molar-refractivity contribution is 5.95. The Balaban J connectivity index is 1.58. The molecule has 3 aromatic carbocycles. The quantitative estimate of drug-likeness (QED) is 0.0855. The minimum atomic E-state index is -1.02. The van der Waals surface area contributed by atoms with Gasteiger partial charge >= 0.3 is 11.9 Å². The molecule has 0 spiro atoms. The van der Waals surface area contributed by atoms with Gasteiger partial charge in [-0.15, -0.1) is 0 Å². The first kappa shape index (κ1) is 25.6. The van der Waals surface area contributed by atoms with Crippen molar-refractivity contribution in [2.24, 2.45) is 5.92 Å². The molecule has 0 bridgehead atoms. The van der Waals surface area contributed by atoms with Gasteiger partial charge in [0.25, 0.3) is 5.69 Å². The number of hydrogen-bond donors (Lipinski definition) is 0. The predicted molar refractivity (Wildman–Crippen MR) is 135 cm³/mol. The van der Waals surface area contributed by atoms with Gasteiger partial charge in [0.1, 0.15) is 11.3 Å². The normalized spacial score (nSPS) is 11.1. The zero-order valence-electron chi connectivity index (χ0n) is 20.5. The van der Waals surface area contributed by atoms with Crippen LogP contribution in [-0.4, -0.2) is 41.7 Å². The average Bonchev–Trinajstić information content (AvgIpc) is 3.31. The van der Waals surface area contributed by atoms with Crippen molar-refractivity contribution in [2.75, 3.05) is 19.8 Å². The van der Waals surface area contributed by atoms with Crippen molar-refractivity contribution in [3.8, 4) is 17.2 Å². The molecule has 0 atom stereocenters. The molecule has 37 heavy (non-hydrogen) atoms. The lowest BCUT2D eigenvalue weighted by atomic mass is 10.0. The summed E-state index contributed by atoms with van der Waals surface area (Å²) in [4.78, 5) is 39.6. The van der Waals surface area contributed by atoms with E-state index < -0.39 is 22.8 Å². The fourth-order valence-corrected chi connectivity index (χ4v) is 3.94. The molecule has 10 heteroatoms. The topological polar surface area (TPSA) is 131 Å². The Morgan fingerprint density at radius 1 is 1.00 bits per heavy atom. The lowest BCUT2D eigenvalue weighted by Crippen LogP contribution is -2.28. The molecule has 1 aromatic heterocycles. The largest absolute Gasteiger partial charge is 0.493 e. The van der Waals surface area contributed by atoms with Gasteiger partial charge in [-0.3, -0.25) is 19.7 Å². The van der Waals surface area contributed by atoms with E-state index in [4.69, 9.17) is 18.6 Å². The maximum absolute atomic E-state index is 12.2. The zero-order chi connectivity index (χ0) is 26.4. The average molecular weight is 507 g/mol. The molecule has 0 fully saturated rings. The number of benzene rings is 3. The highest BCUT2D eigenvalue weighted by Gasteiger charge is 2.29. The second-order valence-electron chi connectivity index (χ2n) is 8.17. The smallest absolute Gasteiger partial charge is 0.320 e. The van der Waals surface area contributed by atoms with Gasteiger partial charge in [-0.2, -0.15) is 0 Å². The van der Waals surface area contributed by atoms with E-state index in [1.165, 1.54) is 18.2 Å². The van der Waals surface area contributed by atoms with Gasteiger partial charge in [0.05, 0.1) is 36.4 Å². The van der Waals surface area contributed by atoms with Crippen LogP contribution in [0.15, 0.2) is 59.0 Å². The summed E-state index contributed by atoms with van der Waals surface area (Å²) in [5.41, 5.74) is 1.24. The number of non-ortho nitro benzene ring substituents is 1. The Labute approximate surface area is 212 Å². The van der Waals surface area contributed by atoms with Crippen molar-refractivity contribution in [2.45, 2.75) is 26.7 Å². The maximum Gasteiger partial charge on any atom is 0.320 e. The number of rotatable bonds is 11. The molecule has 0 unspecified atom stereocenters. The van der Waals surface area contributed by atoms with Crippen LogP contribution in [0.25, 0.3) is 33.3 Å². The summed E-state index contributed by atoms with van der Waals surface area (Å²) in [6, 6.07) is 15.7. The number of ether oxygens (including phenoxy) is 3. The Bertz CT molecular complexity index is 1430. The van der Waals surface area contributed by atoms with Gasteiger partial charge in [-0.05, 0) is 55.7 Å². The van der Waals surface area contributed by atoms with E-state index in [-0.39, 0.29) is 43.4 Å². The van der Waals surface area contributed by atoms with Crippen LogP contribution in [0.2, 0.25) is 0 Å². The van der Waals surface area contributed by atoms with Gasteiger partial charge in [0.15, 0.2) is 11.5 Å². The van der Waals surface area contributed by atoms with Crippen LogP contribution in [-0.2, 0) is 19.1 Å². The highest BCUT2D eigenvalue weighted by atomic mass is 16.6. The molecule has 1 heterocycles. The Kier molecular flexibility index (Phi) is 7.97. The van der Waals surface area contributed by atoms with Crippen LogP contribution in [0.4, 0.5) is 5.69 Å². The predicted octanol–water partition coefficient (Wildman–Crippen LogP) is 5.46. The van der Waals surface area contributed by atoms with Crippen LogP contribution in [0.5, 0.6) is 5.75 Å². The number of aromatic nitrogens is 1. The molecular weight excluding hydrogens is 480 g/mol. The van der Waals surface area contributed by atoms with Crippen LogP contribution in [0, 0.1) is 16.0 Å². The number of oxazole rings is 1. The number of carbonyl (C=O) groups is 2. The first-order valence-electron chi connectivity index (χ1n) is 12.0. The molecule has 4 aromatic rings. The van der Waals surface area contributed by atoms with Gasteiger partial charge < -0.3 is 18.6 Å². The van der Waals surface area contributed by atoms with Crippen molar-refractivity contribution in [3.63, 3.8) is 0 Å². The van der Waals surface area contributed by atoms with E-state index in [1.807, 2.05) is 36.4 Å². The Morgan fingerprint density at radius 2 is 1.68 bits per heavy atom. The molecular formula is C27H26N2O8. The van der Waals surface area contributed by atoms with Crippen molar-refractivity contribution in [1.82, 2.24) is 4.98 Å². The standard InChI is InChI=1S/C27H26N2O8/c1-3-34-26(30)20(27(31)35-4-2)10-7-13-36-23-15-18-9-6-5-8-17(18)14-21(23)25-28-22-12-11-19(29(32)33)16-24(22)37-25/h5-6,8-9,11-12,14-16,20H,3-4,7,10,13H2,1-2H3. The van der Waals surface area contributed by atoms with Gasteiger partial charge in [-0.25, -0.2) is 4.98 Å². The second kappa shape index (κ2) is 11.5. The summed E-state index contributed by atoms with van der Waals surface area (Å²) in [7, 11) is 0. The molecule has 0 aliphatic rings. The lowest BCUT2D eigenvalue weighted by Gasteiger charge is -2.15. The van der Waals surface area contributed by atoms with Crippen LogP contribution in [0.3, 0.4) is 0 Å². The third-order valence-electron chi connectivity index (χ3n) is 5.70. The molecule has 10 nitrogen and oxygen atoms in total. The minimum absolute atomic E-state index is 0.0945. The molecule has 0 N–H and O–H groups in total. The fraction of sp³-hybridized carbons (Fsp3) is 0.296. The minimum Gasteiger partial charge on any atom is -0.493 e. The molecule has 0 saturated heterocycles. The number of fused-ring (bicyclic) bond motifs is 2. The SMILES string of the molecule is CCOC(=O)C(CCCOc1cc2ccccc2cc1-c1nc2ccc([N+](=O)[O-])cc2o1)C(=O)OCC. The van der Waals surface area contributed by atoms with E-state index in [0.717, 1.165) is 10.8 Å². The van der Waals surface area contributed by atoms with Crippen molar-refractivity contribution >= 4 is 39.5 Å². The molecule has 0 radical (unpaired) electrons. The number of nitro groups is 1. The van der Waals surface area contributed by atoms with Gasteiger partial charge in [-0.1, -0.05) is 24.3 Å². The lowest BCUT2D eigenvalue weighted by molar-refractivity contribution is -0.384. The monoisotopic (exact) mass is 506 g/mol. The van der Waals surface area contributed by atoms with Crippen LogP contribution >= 0.6 is 0 Å². The third kappa shape index (κ3) is 5.85. The third-order valence-corrected chi connectivity index (χ3v) is 5.70. The van der Waals surface area contributed by atoms with E-state index in [0.29, 0.717) is 23.3 Å². The van der Waals surface area contributed by atoms with E-state index >= 15 is 0 Å². The van der Waals surface area contributed by atoms with Crippen molar-refractivity contribution in [3.05, 3.63) is 64.7 Å². The number of nitrogens with zero attached hydrogens (tertiary/aromatic N) is 2. The molecule has 0 saturated carbocycles. The van der Waals surface area contributed by atoms with E-state index in [1.54, 1.807) is 13.8 Å². The van der Waals surface area contributed by atoms with E-state index in [9.17, 15) is 19.7 Å². The molecule has 192 valence electrons. The number of nitro benzene ring substituents is 1. The summed E-state index contributed by atoms with van der Waals surface area (Å²) >= 11 is 0. The first-order chi connectivity index (χ1) is 17.9. The summed E-state index contributed by atoms with van der Waals surface area (Å²) in [6.07, 6.45) is 0.585. The van der Waals surface area contributed by atoms with Crippen LogP contribution < -0.4 is 4.74 Å². The van der Waals surface area contributed by atoms with Crippen molar-refractivity contribution in [1.29, 1.82) is 0 Å². The highest BCUT2D eigenvalue weighted by Crippen LogP contribution is 2.36. The number of carbonyl (C=O) groups excluding carboxylic acids is 2. The maximum atomic E-state index is 12.2. The molecule has 0 aliphatic heterocycles. The summed E-state index contributed by atoms with van der Waals surface area (Å²) in [5, 5.41) is 13.0. The van der Waals surface area contributed by atoms with Crippen LogP contribution in [0.1, 0.15) is 26.7 Å². The number of esters is 2. The molecule has 0 amide bonds. The number of hydrogen-bond acceptors (Lipinski definition) is 9. The first-order valence-corrected chi connectivity index (χ1v) is 12.0. The van der Waals surface area contributed by atoms with Gasteiger partial charge in [0, 0.05) is 6.07 Å². The summed E-state index contributed by atoms with van der Waals surface area (Å²) < 4.78 is 22.0. The summed E-state index contributed by atoms with van der Waals surface area (Å²) in [5.74, 6) is -1.51. The molecule has 0 aliphatic carbocycles. The van der Waals surface area contributed by atoms with Crippen molar-refractivity contribution < 1.29 is 33.1 Å². The molecule has 4 rings (SSSR count). The zero-order valence-corrected chi connectivity index (χ0v) is 20.5. The summed E-state index contributed by atoms with van der Waals surface area (Å²) in [6.45, 7) is 3.88. The second-order valence-corrected chi connectivity index (χ2v) is 8.17. The van der Waals surface area contributed by atoms with E-state index in [2.05, 4.69) is 4.98 Å². The fourth-order valence-electron chi connectivity index (χ4n) is 3.94. The van der Waals surface area contributed by atoms with Gasteiger partial charge in [0.2, 0.25) is 5.89 Å². The Morgan fingerprint density at radius 3 is 2.32 bits per heavy atom.